The van der Waals surface area contributed by atoms with Gasteiger partial charge in [0, 0.05) is 17.8 Å². The molecule has 4 nitrogen and oxygen atoms in total. The highest BCUT2D eigenvalue weighted by Crippen LogP contribution is 2.18. The second kappa shape index (κ2) is 5.51. The van der Waals surface area contributed by atoms with Crippen LogP contribution in [-0.4, -0.2) is 16.1 Å². The van der Waals surface area contributed by atoms with Crippen molar-refractivity contribution in [3.63, 3.8) is 0 Å². The number of halogens is 1. The number of benzene rings is 1. The lowest BCUT2D eigenvalue weighted by atomic mass is 10.2. The van der Waals surface area contributed by atoms with Gasteiger partial charge in [0.2, 0.25) is 0 Å². The molecule has 0 bridgehead atoms. The largest absolute Gasteiger partial charge is 0.478 e. The Morgan fingerprint density at radius 3 is 2.83 bits per heavy atom. The number of aromatic carboxylic acids is 1. The van der Waals surface area contributed by atoms with Crippen LogP contribution in [0, 0.1) is 0 Å². The van der Waals surface area contributed by atoms with E-state index < -0.39 is 5.97 Å². The molecule has 0 radical (unpaired) electrons. The van der Waals surface area contributed by atoms with Crippen LogP contribution in [0.1, 0.15) is 15.9 Å². The van der Waals surface area contributed by atoms with E-state index in [0.29, 0.717) is 17.3 Å². The first-order chi connectivity index (χ1) is 8.68. The first kappa shape index (κ1) is 12.4. The number of carbonyl (C=O) groups is 1. The zero-order valence-corrected chi connectivity index (χ0v) is 10.2. The fourth-order valence-corrected chi connectivity index (χ4v) is 1.76. The van der Waals surface area contributed by atoms with Crippen LogP contribution in [0.3, 0.4) is 0 Å². The van der Waals surface area contributed by atoms with Crippen molar-refractivity contribution in [2.75, 3.05) is 5.32 Å². The maximum absolute atomic E-state index is 11.0. The lowest BCUT2D eigenvalue weighted by molar-refractivity contribution is 0.0698. The first-order valence-electron chi connectivity index (χ1n) is 5.33. The molecule has 92 valence electrons. The van der Waals surface area contributed by atoms with Crippen LogP contribution in [0.2, 0.25) is 5.02 Å². The Hall–Kier alpha value is -2.07. The van der Waals surface area contributed by atoms with Gasteiger partial charge in [-0.2, -0.15) is 0 Å². The minimum absolute atomic E-state index is 0.192. The van der Waals surface area contributed by atoms with Gasteiger partial charge in [0.05, 0.1) is 17.4 Å². The summed E-state index contributed by atoms with van der Waals surface area (Å²) in [7, 11) is 0. The van der Waals surface area contributed by atoms with Crippen molar-refractivity contribution < 1.29 is 9.90 Å². The molecule has 0 saturated carbocycles. The lowest BCUT2D eigenvalue weighted by Crippen LogP contribution is -2.07. The van der Waals surface area contributed by atoms with E-state index in [1.165, 1.54) is 18.5 Å². The summed E-state index contributed by atoms with van der Waals surface area (Å²) in [6, 6.07) is 8.85. The highest BCUT2D eigenvalue weighted by molar-refractivity contribution is 6.31. The van der Waals surface area contributed by atoms with E-state index in [-0.39, 0.29) is 5.56 Å². The molecular weight excluding hydrogens is 252 g/mol. The van der Waals surface area contributed by atoms with Crippen LogP contribution >= 0.6 is 11.6 Å². The number of nitrogens with one attached hydrogen (secondary N) is 1. The predicted octanol–water partition coefficient (Wildman–Crippen LogP) is 3.05. The summed E-state index contributed by atoms with van der Waals surface area (Å²) in [6.45, 7) is 0.450. The van der Waals surface area contributed by atoms with E-state index in [9.17, 15) is 4.79 Å². The third-order valence-electron chi connectivity index (χ3n) is 2.48. The van der Waals surface area contributed by atoms with Crippen molar-refractivity contribution in [2.45, 2.75) is 6.54 Å². The Morgan fingerprint density at radius 1 is 1.33 bits per heavy atom. The average molecular weight is 263 g/mol. The molecule has 1 aromatic heterocycles. The Labute approximate surface area is 109 Å². The van der Waals surface area contributed by atoms with Crippen molar-refractivity contribution in [3.8, 4) is 0 Å². The van der Waals surface area contributed by atoms with E-state index >= 15 is 0 Å². The number of rotatable bonds is 4. The third kappa shape index (κ3) is 2.78. The summed E-state index contributed by atoms with van der Waals surface area (Å²) >= 11 is 6.02. The van der Waals surface area contributed by atoms with Gasteiger partial charge in [0.25, 0.3) is 0 Å². The van der Waals surface area contributed by atoms with Gasteiger partial charge in [-0.05, 0) is 17.7 Å². The van der Waals surface area contributed by atoms with Crippen LogP contribution in [0.4, 0.5) is 5.69 Å². The zero-order chi connectivity index (χ0) is 13.0. The standard InChI is InChI=1S/C13H11ClN2O2/c14-11-4-2-1-3-9(11)7-16-12-8-15-6-5-10(12)13(17)18/h1-6,8,16H,7H2,(H,17,18). The molecule has 5 heteroatoms. The predicted molar refractivity (Wildman–Crippen MR) is 70.0 cm³/mol. The van der Waals surface area contributed by atoms with Crippen molar-refractivity contribution in [3.05, 3.63) is 58.9 Å². The molecule has 2 rings (SSSR count). The number of anilines is 1. The smallest absolute Gasteiger partial charge is 0.337 e. The molecule has 0 aliphatic carbocycles. The molecule has 0 unspecified atom stereocenters. The Kier molecular flexibility index (Phi) is 3.79. The van der Waals surface area contributed by atoms with Crippen LogP contribution in [0.25, 0.3) is 0 Å². The fraction of sp³-hybridized carbons (Fsp3) is 0.0769. The van der Waals surface area contributed by atoms with Gasteiger partial charge in [0.15, 0.2) is 0 Å². The molecular formula is C13H11ClN2O2. The van der Waals surface area contributed by atoms with Gasteiger partial charge in [-0.1, -0.05) is 29.8 Å². The number of nitrogens with zero attached hydrogens (tertiary/aromatic N) is 1. The molecule has 2 N–H and O–H groups in total. The van der Waals surface area contributed by atoms with Crippen LogP contribution in [0.5, 0.6) is 0 Å². The SMILES string of the molecule is O=C(O)c1ccncc1NCc1ccccc1Cl. The summed E-state index contributed by atoms with van der Waals surface area (Å²) in [4.78, 5) is 14.9. The number of aromatic nitrogens is 1. The van der Waals surface area contributed by atoms with E-state index in [1.54, 1.807) is 6.07 Å². The van der Waals surface area contributed by atoms with Crippen LogP contribution in [-0.2, 0) is 6.54 Å². The molecule has 0 aliphatic rings. The highest BCUT2D eigenvalue weighted by Gasteiger charge is 2.09. The summed E-state index contributed by atoms with van der Waals surface area (Å²) < 4.78 is 0. The van der Waals surface area contributed by atoms with Gasteiger partial charge in [0.1, 0.15) is 0 Å². The summed E-state index contributed by atoms with van der Waals surface area (Å²) in [5.41, 5.74) is 1.57. The number of pyridine rings is 1. The second-order valence-electron chi connectivity index (χ2n) is 3.67. The van der Waals surface area contributed by atoms with Crippen molar-refractivity contribution in [1.29, 1.82) is 0 Å². The minimum atomic E-state index is -0.987. The number of carboxylic acid groups (broad SMARTS) is 1. The van der Waals surface area contributed by atoms with Gasteiger partial charge < -0.3 is 10.4 Å². The lowest BCUT2D eigenvalue weighted by Gasteiger charge is -2.09. The molecule has 0 atom stereocenters. The summed E-state index contributed by atoms with van der Waals surface area (Å²) in [5, 5.41) is 12.7. The molecule has 1 heterocycles. The molecule has 0 aliphatic heterocycles. The zero-order valence-electron chi connectivity index (χ0n) is 9.43. The molecule has 0 spiro atoms. The summed E-state index contributed by atoms with van der Waals surface area (Å²) in [5.74, 6) is -0.987. The van der Waals surface area contributed by atoms with Crippen molar-refractivity contribution in [2.24, 2.45) is 0 Å². The molecule has 0 saturated heterocycles. The van der Waals surface area contributed by atoms with E-state index in [2.05, 4.69) is 10.3 Å². The third-order valence-corrected chi connectivity index (χ3v) is 2.85. The molecule has 2 aromatic rings. The fourth-order valence-electron chi connectivity index (χ4n) is 1.55. The van der Waals surface area contributed by atoms with Gasteiger partial charge in [-0.25, -0.2) is 4.79 Å². The number of hydrogen-bond acceptors (Lipinski definition) is 3. The normalized spacial score (nSPS) is 10.1. The number of hydrogen-bond donors (Lipinski definition) is 2. The van der Waals surface area contributed by atoms with Gasteiger partial charge in [-0.15, -0.1) is 0 Å². The topological polar surface area (TPSA) is 62.2 Å². The average Bonchev–Trinajstić information content (AvgIpc) is 2.38. The van der Waals surface area contributed by atoms with Crippen molar-refractivity contribution >= 4 is 23.3 Å². The summed E-state index contributed by atoms with van der Waals surface area (Å²) in [6.07, 6.45) is 2.93. The molecule has 0 fully saturated rings. The van der Waals surface area contributed by atoms with E-state index in [4.69, 9.17) is 16.7 Å². The van der Waals surface area contributed by atoms with E-state index in [0.717, 1.165) is 5.56 Å². The first-order valence-corrected chi connectivity index (χ1v) is 5.71. The van der Waals surface area contributed by atoms with Gasteiger partial charge >= 0.3 is 5.97 Å². The Balaban J connectivity index is 2.16. The van der Waals surface area contributed by atoms with Crippen molar-refractivity contribution in [1.82, 2.24) is 4.98 Å². The Bertz CT molecular complexity index is 572. The van der Waals surface area contributed by atoms with Crippen LogP contribution < -0.4 is 5.32 Å². The minimum Gasteiger partial charge on any atom is -0.478 e. The quantitative estimate of drug-likeness (QED) is 0.889. The van der Waals surface area contributed by atoms with Crippen LogP contribution in [0.15, 0.2) is 42.7 Å². The second-order valence-corrected chi connectivity index (χ2v) is 4.08. The highest BCUT2D eigenvalue weighted by atomic mass is 35.5. The van der Waals surface area contributed by atoms with E-state index in [1.807, 2.05) is 18.2 Å². The Morgan fingerprint density at radius 2 is 2.11 bits per heavy atom. The van der Waals surface area contributed by atoms with Gasteiger partial charge in [-0.3, -0.25) is 4.98 Å². The molecule has 18 heavy (non-hydrogen) atoms. The molecule has 0 amide bonds. The monoisotopic (exact) mass is 262 g/mol. The number of carboxylic acids is 1. The maximum Gasteiger partial charge on any atom is 0.337 e. The maximum atomic E-state index is 11.0. The molecule has 1 aromatic carbocycles.